The van der Waals surface area contributed by atoms with Crippen molar-refractivity contribution in [1.82, 2.24) is 4.73 Å². The highest BCUT2D eigenvalue weighted by molar-refractivity contribution is 7.99. The van der Waals surface area contributed by atoms with E-state index in [4.69, 9.17) is 9.47 Å². The summed E-state index contributed by atoms with van der Waals surface area (Å²) in [7, 11) is 2.91. The van der Waals surface area contributed by atoms with Gasteiger partial charge in [0.2, 0.25) is 0 Å². The zero-order valence-electron chi connectivity index (χ0n) is 19.5. The van der Waals surface area contributed by atoms with Crippen molar-refractivity contribution >= 4 is 29.2 Å². The van der Waals surface area contributed by atoms with Crippen LogP contribution < -0.4 is 15.5 Å². The van der Waals surface area contributed by atoms with Gasteiger partial charge in [0.05, 0.1) is 14.2 Å². The Bertz CT molecular complexity index is 1200. The van der Waals surface area contributed by atoms with Crippen LogP contribution in [0.25, 0.3) is 0 Å². The van der Waals surface area contributed by atoms with Gasteiger partial charge < -0.3 is 20.0 Å². The van der Waals surface area contributed by atoms with Crippen LogP contribution in [-0.4, -0.2) is 36.2 Å². The van der Waals surface area contributed by atoms with Crippen LogP contribution in [0.15, 0.2) is 75.4 Å². The maximum absolute atomic E-state index is 13.7. The number of aromatic nitrogens is 1. The molecule has 7 nitrogen and oxygen atoms in total. The Morgan fingerprint density at radius 1 is 1.12 bits per heavy atom. The molecule has 0 fully saturated rings. The van der Waals surface area contributed by atoms with E-state index >= 15 is 0 Å². The molecule has 1 aromatic heterocycles. The van der Waals surface area contributed by atoms with E-state index in [-0.39, 0.29) is 17.2 Å². The number of pyridine rings is 1. The molecule has 2 aromatic carbocycles. The molecule has 0 saturated carbocycles. The highest BCUT2D eigenvalue weighted by Gasteiger charge is 2.20. The van der Waals surface area contributed by atoms with Gasteiger partial charge in [-0.2, -0.15) is 4.73 Å². The summed E-state index contributed by atoms with van der Waals surface area (Å²) in [6, 6.07) is 16.0. The second-order valence-corrected chi connectivity index (χ2v) is 9.10. The lowest BCUT2D eigenvalue weighted by Crippen LogP contribution is -2.29. The molecule has 180 valence electrons. The first-order chi connectivity index (χ1) is 16.3. The van der Waals surface area contributed by atoms with Crippen LogP contribution in [0.1, 0.15) is 20.3 Å². The lowest BCUT2D eigenvalue weighted by molar-refractivity contribution is -0.142. The number of carbonyl (C=O) groups excluding carboxylic acids is 1. The van der Waals surface area contributed by atoms with Crippen LogP contribution in [0, 0.1) is 11.7 Å². The first-order valence-electron chi connectivity index (χ1n) is 10.7. The fourth-order valence-electron chi connectivity index (χ4n) is 3.23. The second-order valence-electron chi connectivity index (χ2n) is 7.96. The number of nitrogens with one attached hydrogen (secondary N) is 1. The zero-order chi connectivity index (χ0) is 24.7. The van der Waals surface area contributed by atoms with E-state index < -0.39 is 17.8 Å². The smallest absolute Gasteiger partial charge is 0.330 e. The minimum atomic E-state index is -0.786. The van der Waals surface area contributed by atoms with E-state index in [0.29, 0.717) is 12.1 Å². The van der Waals surface area contributed by atoms with E-state index in [1.807, 2.05) is 38.1 Å². The number of anilines is 2. The molecule has 2 N–H and O–H groups in total. The Morgan fingerprint density at radius 3 is 2.47 bits per heavy atom. The zero-order valence-corrected chi connectivity index (χ0v) is 20.3. The normalized spacial score (nSPS) is 12.5. The molecule has 1 unspecified atom stereocenters. The predicted molar refractivity (Wildman–Crippen MR) is 129 cm³/mol. The Labute approximate surface area is 202 Å². The standard InChI is InChI=1S/C25H28FN3O4S/c1-16(2)12-22(25(30)33-4)28-24-15-21(34-20-10-8-19(32-3)9-11-20)14-23(29(24)31)27-18-7-5-6-17(26)13-18/h5-11,13-16,22,27,31H,12H2,1-4H3. The van der Waals surface area contributed by atoms with Gasteiger partial charge in [-0.25, -0.2) is 9.18 Å². The van der Waals surface area contributed by atoms with Crippen LogP contribution >= 0.6 is 11.8 Å². The van der Waals surface area contributed by atoms with Crippen molar-refractivity contribution in [1.29, 1.82) is 0 Å². The molecular formula is C25H28FN3O4S. The SMILES string of the molecule is COC(=O)C(CC(C)C)N=c1cc(Sc2ccc(OC)cc2)cc(Nc2cccc(F)c2)n1O. The van der Waals surface area contributed by atoms with Crippen molar-refractivity contribution in [2.24, 2.45) is 10.9 Å². The van der Waals surface area contributed by atoms with E-state index in [0.717, 1.165) is 20.3 Å². The molecule has 0 aliphatic heterocycles. The molecule has 1 heterocycles. The molecule has 0 aliphatic carbocycles. The fourth-order valence-corrected chi connectivity index (χ4v) is 4.11. The third kappa shape index (κ3) is 6.77. The lowest BCUT2D eigenvalue weighted by atomic mass is 10.0. The summed E-state index contributed by atoms with van der Waals surface area (Å²) in [6.07, 6.45) is 0.454. The summed E-state index contributed by atoms with van der Waals surface area (Å²) in [6.45, 7) is 3.96. The molecule has 3 aromatic rings. The van der Waals surface area contributed by atoms with E-state index in [2.05, 4.69) is 10.3 Å². The van der Waals surface area contributed by atoms with Gasteiger partial charge in [-0.05, 0) is 66.9 Å². The minimum Gasteiger partial charge on any atom is -0.497 e. The minimum absolute atomic E-state index is 0.161. The van der Waals surface area contributed by atoms with Gasteiger partial charge in [-0.3, -0.25) is 4.99 Å². The number of esters is 1. The van der Waals surface area contributed by atoms with Crippen LogP contribution in [-0.2, 0) is 9.53 Å². The molecule has 0 aliphatic rings. The van der Waals surface area contributed by atoms with Crippen molar-refractivity contribution in [3.05, 3.63) is 72.0 Å². The van der Waals surface area contributed by atoms with Gasteiger partial charge in [-0.1, -0.05) is 31.7 Å². The number of rotatable bonds is 9. The van der Waals surface area contributed by atoms with Crippen molar-refractivity contribution in [2.45, 2.75) is 36.1 Å². The average Bonchev–Trinajstić information content (AvgIpc) is 2.81. The van der Waals surface area contributed by atoms with Gasteiger partial charge in [-0.15, -0.1) is 0 Å². The topological polar surface area (TPSA) is 85.1 Å². The average molecular weight is 486 g/mol. The first kappa shape index (κ1) is 25.2. The van der Waals surface area contributed by atoms with E-state index in [1.165, 1.54) is 31.0 Å². The van der Waals surface area contributed by atoms with Crippen molar-refractivity contribution in [2.75, 3.05) is 19.5 Å². The predicted octanol–water partition coefficient (Wildman–Crippen LogP) is 5.26. The largest absolute Gasteiger partial charge is 0.497 e. The number of carbonyl (C=O) groups is 1. The van der Waals surface area contributed by atoms with Crippen molar-refractivity contribution in [3.8, 4) is 5.75 Å². The molecule has 9 heteroatoms. The van der Waals surface area contributed by atoms with Crippen LogP contribution in [0.2, 0.25) is 0 Å². The highest BCUT2D eigenvalue weighted by Crippen LogP contribution is 2.30. The summed E-state index contributed by atoms with van der Waals surface area (Å²) in [4.78, 5) is 18.5. The number of nitrogens with zero attached hydrogens (tertiary/aromatic N) is 2. The Morgan fingerprint density at radius 2 is 1.85 bits per heavy atom. The quantitative estimate of drug-likeness (QED) is 0.318. The van der Waals surface area contributed by atoms with Crippen LogP contribution in [0.4, 0.5) is 15.9 Å². The molecular weight excluding hydrogens is 457 g/mol. The monoisotopic (exact) mass is 485 g/mol. The lowest BCUT2D eigenvalue weighted by Gasteiger charge is -2.16. The number of hydrogen-bond acceptors (Lipinski definition) is 7. The van der Waals surface area contributed by atoms with Gasteiger partial charge in [0.1, 0.15) is 23.4 Å². The number of ether oxygens (including phenoxy) is 2. The van der Waals surface area contributed by atoms with Crippen molar-refractivity contribution < 1.29 is 23.9 Å². The van der Waals surface area contributed by atoms with Gasteiger partial charge in [0.15, 0.2) is 5.49 Å². The van der Waals surface area contributed by atoms with Crippen molar-refractivity contribution in [3.63, 3.8) is 0 Å². The van der Waals surface area contributed by atoms with Gasteiger partial charge in [0.25, 0.3) is 0 Å². The summed E-state index contributed by atoms with van der Waals surface area (Å²) < 4.78 is 24.7. The van der Waals surface area contributed by atoms with E-state index in [9.17, 15) is 14.4 Å². The third-order valence-electron chi connectivity index (χ3n) is 4.84. The van der Waals surface area contributed by atoms with Gasteiger partial charge >= 0.3 is 5.97 Å². The molecule has 1 atom stereocenters. The summed E-state index contributed by atoms with van der Waals surface area (Å²) in [5, 5.41) is 13.9. The van der Waals surface area contributed by atoms with Gasteiger partial charge in [0, 0.05) is 15.5 Å². The number of halogens is 1. The highest BCUT2D eigenvalue weighted by atomic mass is 32.2. The maximum atomic E-state index is 13.7. The van der Waals surface area contributed by atoms with E-state index in [1.54, 1.807) is 31.4 Å². The molecule has 0 saturated heterocycles. The number of benzene rings is 2. The molecule has 0 amide bonds. The molecule has 0 spiro atoms. The van der Waals surface area contributed by atoms with Crippen LogP contribution in [0.3, 0.4) is 0 Å². The first-order valence-corrected chi connectivity index (χ1v) is 11.5. The molecule has 3 rings (SSSR count). The molecule has 0 radical (unpaired) electrons. The Hall–Kier alpha value is -3.46. The summed E-state index contributed by atoms with van der Waals surface area (Å²) in [5.74, 6) is 0.287. The maximum Gasteiger partial charge on any atom is 0.330 e. The summed E-state index contributed by atoms with van der Waals surface area (Å²) >= 11 is 1.44. The van der Waals surface area contributed by atoms with Crippen LogP contribution in [0.5, 0.6) is 5.75 Å². The number of hydrogen-bond donors (Lipinski definition) is 2. The third-order valence-corrected chi connectivity index (χ3v) is 5.82. The fraction of sp³-hybridized carbons (Fsp3) is 0.280. The number of methoxy groups -OCH3 is 2. The molecule has 0 bridgehead atoms. The Kier molecular flexibility index (Phi) is 8.59. The summed E-state index contributed by atoms with van der Waals surface area (Å²) in [5.41, 5.74) is 0.612. The Balaban J connectivity index is 2.08. The second kappa shape index (κ2) is 11.6. The molecule has 34 heavy (non-hydrogen) atoms.